The molecular weight excluding hydrogens is 224 g/mol. The standard InChI is InChI=1S/C16H20O2/c1-5-9-17-15-7-8-16(18-10-6-2)14(12-15)11-13(3)4/h5-8,11-12H,1-2,9-10H2,3-4H3. The first kappa shape index (κ1) is 14.1. The molecule has 0 spiro atoms. The predicted octanol–water partition coefficient (Wildman–Crippen LogP) is 4.24. The van der Waals surface area contributed by atoms with Crippen molar-refractivity contribution >= 4 is 6.08 Å². The maximum Gasteiger partial charge on any atom is 0.127 e. The first-order valence-electron chi connectivity index (χ1n) is 5.93. The van der Waals surface area contributed by atoms with Crippen LogP contribution in [0.3, 0.4) is 0 Å². The lowest BCUT2D eigenvalue weighted by Crippen LogP contribution is -1.97. The zero-order valence-corrected chi connectivity index (χ0v) is 11.1. The summed E-state index contributed by atoms with van der Waals surface area (Å²) in [5.41, 5.74) is 2.22. The Kier molecular flexibility index (Phi) is 5.78. The van der Waals surface area contributed by atoms with Gasteiger partial charge < -0.3 is 9.47 Å². The van der Waals surface area contributed by atoms with Crippen LogP contribution in [0.5, 0.6) is 11.5 Å². The van der Waals surface area contributed by atoms with Crippen LogP contribution in [0.25, 0.3) is 6.08 Å². The van der Waals surface area contributed by atoms with Gasteiger partial charge in [0.1, 0.15) is 24.7 Å². The SMILES string of the molecule is C=CCOc1ccc(OCC=C)c(C=C(C)C)c1. The van der Waals surface area contributed by atoms with Gasteiger partial charge >= 0.3 is 0 Å². The highest BCUT2D eigenvalue weighted by Gasteiger charge is 2.03. The monoisotopic (exact) mass is 244 g/mol. The number of ether oxygens (including phenoxy) is 2. The number of benzene rings is 1. The van der Waals surface area contributed by atoms with Crippen LogP contribution in [-0.2, 0) is 0 Å². The van der Waals surface area contributed by atoms with Crippen LogP contribution < -0.4 is 9.47 Å². The van der Waals surface area contributed by atoms with E-state index in [2.05, 4.69) is 33.1 Å². The zero-order valence-electron chi connectivity index (χ0n) is 11.1. The third kappa shape index (κ3) is 4.50. The Morgan fingerprint density at radius 1 is 1.11 bits per heavy atom. The average molecular weight is 244 g/mol. The molecule has 0 aliphatic heterocycles. The summed E-state index contributed by atoms with van der Waals surface area (Å²) in [6.45, 7) is 12.4. The van der Waals surface area contributed by atoms with Gasteiger partial charge in [0.15, 0.2) is 0 Å². The summed E-state index contributed by atoms with van der Waals surface area (Å²) in [6, 6.07) is 5.77. The Balaban J connectivity index is 2.99. The second kappa shape index (κ2) is 7.38. The lowest BCUT2D eigenvalue weighted by molar-refractivity contribution is 0.352. The maximum atomic E-state index is 5.61. The Bertz CT molecular complexity index is 440. The van der Waals surface area contributed by atoms with Crippen molar-refractivity contribution in [1.29, 1.82) is 0 Å². The molecule has 2 nitrogen and oxygen atoms in total. The minimum absolute atomic E-state index is 0.496. The Labute approximate surface area is 109 Å². The van der Waals surface area contributed by atoms with Gasteiger partial charge in [-0.1, -0.05) is 37.0 Å². The second-order valence-corrected chi connectivity index (χ2v) is 4.12. The van der Waals surface area contributed by atoms with Crippen molar-refractivity contribution in [1.82, 2.24) is 0 Å². The summed E-state index contributed by atoms with van der Waals surface area (Å²) < 4.78 is 11.1. The number of rotatable bonds is 7. The summed E-state index contributed by atoms with van der Waals surface area (Å²) in [6.07, 6.45) is 5.52. The second-order valence-electron chi connectivity index (χ2n) is 4.12. The Morgan fingerprint density at radius 2 is 1.78 bits per heavy atom. The fourth-order valence-electron chi connectivity index (χ4n) is 1.48. The van der Waals surface area contributed by atoms with E-state index in [1.807, 2.05) is 18.2 Å². The van der Waals surface area contributed by atoms with Crippen molar-refractivity contribution in [3.63, 3.8) is 0 Å². The summed E-state index contributed by atoms with van der Waals surface area (Å²) in [5, 5.41) is 0. The molecule has 0 heterocycles. The molecule has 0 aromatic heterocycles. The summed E-state index contributed by atoms with van der Waals surface area (Å²) in [5.74, 6) is 1.65. The molecular formula is C16H20O2. The van der Waals surface area contributed by atoms with Gasteiger partial charge in [-0.2, -0.15) is 0 Å². The highest BCUT2D eigenvalue weighted by molar-refractivity contribution is 5.61. The molecule has 0 atom stereocenters. The van der Waals surface area contributed by atoms with E-state index < -0.39 is 0 Å². The molecule has 0 saturated heterocycles. The third-order valence-corrected chi connectivity index (χ3v) is 2.15. The van der Waals surface area contributed by atoms with Crippen LogP contribution in [0, 0.1) is 0 Å². The highest BCUT2D eigenvalue weighted by Crippen LogP contribution is 2.26. The Hall–Kier alpha value is -1.96. The molecule has 1 aromatic rings. The molecule has 0 saturated carbocycles. The molecule has 1 aromatic carbocycles. The summed E-state index contributed by atoms with van der Waals surface area (Å²) >= 11 is 0. The van der Waals surface area contributed by atoms with E-state index >= 15 is 0 Å². The number of allylic oxidation sites excluding steroid dienone is 1. The fourth-order valence-corrected chi connectivity index (χ4v) is 1.48. The van der Waals surface area contributed by atoms with E-state index in [0.717, 1.165) is 17.1 Å². The summed E-state index contributed by atoms with van der Waals surface area (Å²) in [4.78, 5) is 0. The van der Waals surface area contributed by atoms with Gasteiger partial charge in [-0.05, 0) is 32.0 Å². The molecule has 0 unspecified atom stereocenters. The van der Waals surface area contributed by atoms with Crippen LogP contribution in [0.2, 0.25) is 0 Å². The molecule has 1 rings (SSSR count). The van der Waals surface area contributed by atoms with Crippen molar-refractivity contribution < 1.29 is 9.47 Å². The van der Waals surface area contributed by atoms with Gasteiger partial charge in [0.05, 0.1) is 0 Å². The predicted molar refractivity (Wildman–Crippen MR) is 77.2 cm³/mol. The first-order valence-corrected chi connectivity index (χ1v) is 5.93. The van der Waals surface area contributed by atoms with E-state index in [9.17, 15) is 0 Å². The zero-order chi connectivity index (χ0) is 13.4. The molecule has 0 N–H and O–H groups in total. The van der Waals surface area contributed by atoms with Crippen molar-refractivity contribution in [3.8, 4) is 11.5 Å². The summed E-state index contributed by atoms with van der Waals surface area (Å²) in [7, 11) is 0. The minimum Gasteiger partial charge on any atom is -0.490 e. The van der Waals surface area contributed by atoms with E-state index in [1.54, 1.807) is 12.2 Å². The molecule has 0 bridgehead atoms. The molecule has 2 heteroatoms. The smallest absolute Gasteiger partial charge is 0.127 e. The van der Waals surface area contributed by atoms with Crippen LogP contribution >= 0.6 is 0 Å². The van der Waals surface area contributed by atoms with Gasteiger partial charge in [-0.15, -0.1) is 0 Å². The van der Waals surface area contributed by atoms with Crippen molar-refractivity contribution in [2.45, 2.75) is 13.8 Å². The van der Waals surface area contributed by atoms with Crippen LogP contribution in [0.15, 0.2) is 49.1 Å². The van der Waals surface area contributed by atoms with Gasteiger partial charge in [0.2, 0.25) is 0 Å². The average Bonchev–Trinajstić information content (AvgIpc) is 2.34. The van der Waals surface area contributed by atoms with E-state index in [1.165, 1.54) is 5.57 Å². The van der Waals surface area contributed by atoms with Crippen LogP contribution in [0.1, 0.15) is 19.4 Å². The van der Waals surface area contributed by atoms with Crippen LogP contribution in [0.4, 0.5) is 0 Å². The maximum absolute atomic E-state index is 5.61. The van der Waals surface area contributed by atoms with Crippen molar-refractivity contribution in [2.75, 3.05) is 13.2 Å². The number of hydrogen-bond acceptors (Lipinski definition) is 2. The third-order valence-electron chi connectivity index (χ3n) is 2.15. The molecule has 0 amide bonds. The van der Waals surface area contributed by atoms with E-state index in [0.29, 0.717) is 13.2 Å². The van der Waals surface area contributed by atoms with Crippen LogP contribution in [-0.4, -0.2) is 13.2 Å². The molecule has 0 fully saturated rings. The first-order chi connectivity index (χ1) is 8.67. The topological polar surface area (TPSA) is 18.5 Å². The highest BCUT2D eigenvalue weighted by atomic mass is 16.5. The van der Waals surface area contributed by atoms with Gasteiger partial charge in [0.25, 0.3) is 0 Å². The lowest BCUT2D eigenvalue weighted by atomic mass is 10.1. The van der Waals surface area contributed by atoms with Gasteiger partial charge in [0, 0.05) is 5.56 Å². The van der Waals surface area contributed by atoms with Gasteiger partial charge in [-0.25, -0.2) is 0 Å². The minimum atomic E-state index is 0.496. The van der Waals surface area contributed by atoms with Gasteiger partial charge in [-0.3, -0.25) is 0 Å². The van der Waals surface area contributed by atoms with E-state index in [-0.39, 0.29) is 0 Å². The molecule has 0 aliphatic carbocycles. The molecule has 0 aliphatic rings. The quantitative estimate of drug-likeness (QED) is 0.668. The number of hydrogen-bond donors (Lipinski definition) is 0. The molecule has 0 radical (unpaired) electrons. The fraction of sp³-hybridized carbons (Fsp3) is 0.250. The van der Waals surface area contributed by atoms with E-state index in [4.69, 9.17) is 9.47 Å². The van der Waals surface area contributed by atoms with Crippen molar-refractivity contribution in [2.24, 2.45) is 0 Å². The molecule has 96 valence electrons. The Morgan fingerprint density at radius 3 is 2.39 bits per heavy atom. The normalized spacial score (nSPS) is 9.44. The molecule has 18 heavy (non-hydrogen) atoms. The van der Waals surface area contributed by atoms with Crippen molar-refractivity contribution in [3.05, 3.63) is 54.6 Å². The lowest BCUT2D eigenvalue weighted by Gasteiger charge is -2.10. The largest absolute Gasteiger partial charge is 0.490 e.